The highest BCUT2D eigenvalue weighted by Crippen LogP contribution is 2.33. The molecule has 1 aromatic rings. The van der Waals surface area contributed by atoms with Gasteiger partial charge in [0.1, 0.15) is 31.0 Å². The Kier molecular flexibility index (Phi) is 6.35. The minimum Gasteiger partial charge on any atom is -0.493 e. The molecule has 3 atom stereocenters. The van der Waals surface area contributed by atoms with Crippen LogP contribution in [0.3, 0.4) is 0 Å². The van der Waals surface area contributed by atoms with E-state index < -0.39 is 0 Å². The number of halogens is 1. The van der Waals surface area contributed by atoms with Gasteiger partial charge in [-0.25, -0.2) is 0 Å². The van der Waals surface area contributed by atoms with Crippen molar-refractivity contribution in [1.82, 2.24) is 0 Å². The van der Waals surface area contributed by atoms with Gasteiger partial charge < -0.3 is 14.4 Å². The van der Waals surface area contributed by atoms with Gasteiger partial charge in [0.25, 0.3) is 0 Å². The largest absolute Gasteiger partial charge is 0.493 e. The van der Waals surface area contributed by atoms with Gasteiger partial charge in [0.15, 0.2) is 0 Å². The molecule has 0 radical (unpaired) electrons. The van der Waals surface area contributed by atoms with Crippen LogP contribution in [0.5, 0.6) is 5.75 Å². The summed E-state index contributed by atoms with van der Waals surface area (Å²) >= 11 is 6.14. The minimum atomic E-state index is 0.0283. The van der Waals surface area contributed by atoms with Crippen molar-refractivity contribution in [3.8, 4) is 5.75 Å². The third kappa shape index (κ3) is 5.66. The molecule has 0 saturated carbocycles. The topological polar surface area (TPSA) is 22.9 Å². The van der Waals surface area contributed by atoms with E-state index in [-0.39, 0.29) is 5.41 Å². The molecule has 0 amide bonds. The number of hydrogen-bond donors (Lipinski definition) is 1. The van der Waals surface area contributed by atoms with Crippen LogP contribution in [0, 0.1) is 0 Å². The first-order valence-corrected chi connectivity index (χ1v) is 9.05. The molecule has 23 heavy (non-hydrogen) atoms. The summed E-state index contributed by atoms with van der Waals surface area (Å²) < 4.78 is 11.9. The second-order valence-electron chi connectivity index (χ2n) is 7.76. The number of hydrogen-bond acceptors (Lipinski definition) is 2. The molecule has 1 aromatic carbocycles. The molecular weight excluding hydrogens is 310 g/mol. The average Bonchev–Trinajstić information content (AvgIpc) is 2.42. The molecule has 1 aliphatic rings. The Balaban J connectivity index is 1.85. The fourth-order valence-electron chi connectivity index (χ4n) is 3.31. The lowest BCUT2D eigenvalue weighted by molar-refractivity contribution is -0.915. The summed E-state index contributed by atoms with van der Waals surface area (Å²) in [4.78, 5) is 1.62. The number of nitrogens with one attached hydrogen (secondary N) is 1. The molecule has 130 valence electrons. The van der Waals surface area contributed by atoms with E-state index >= 15 is 0 Å². The zero-order valence-corrected chi connectivity index (χ0v) is 15.9. The maximum absolute atomic E-state index is 6.14. The fourth-order valence-corrected chi connectivity index (χ4v) is 3.48. The Hall–Kier alpha value is -0.770. The first kappa shape index (κ1) is 18.6. The van der Waals surface area contributed by atoms with Crippen molar-refractivity contribution in [3.63, 3.8) is 0 Å². The van der Waals surface area contributed by atoms with Crippen LogP contribution in [-0.2, 0) is 10.2 Å². The van der Waals surface area contributed by atoms with Crippen molar-refractivity contribution in [2.45, 2.75) is 58.7 Å². The van der Waals surface area contributed by atoms with Crippen molar-refractivity contribution in [3.05, 3.63) is 28.8 Å². The Morgan fingerprint density at radius 2 is 1.87 bits per heavy atom. The van der Waals surface area contributed by atoms with Gasteiger partial charge in [0.2, 0.25) is 0 Å². The van der Waals surface area contributed by atoms with E-state index in [9.17, 15) is 0 Å². The maximum atomic E-state index is 6.14. The smallest absolute Gasteiger partial charge is 0.123 e. The number of rotatable bonds is 5. The first-order chi connectivity index (χ1) is 10.8. The predicted molar refractivity (Wildman–Crippen MR) is 95.8 cm³/mol. The first-order valence-electron chi connectivity index (χ1n) is 8.67. The number of morpholine rings is 1. The van der Waals surface area contributed by atoms with Crippen molar-refractivity contribution in [2.75, 3.05) is 26.2 Å². The average molecular weight is 341 g/mol. The molecule has 1 heterocycles. The SMILES string of the molecule is C[C@@H]1C[NH+](CCCOc2ccc(Cl)cc2C(C)(C)C)C[C@H](C)O1. The summed E-state index contributed by atoms with van der Waals surface area (Å²) in [7, 11) is 0. The third-order valence-corrected chi connectivity index (χ3v) is 4.53. The van der Waals surface area contributed by atoms with Crippen molar-refractivity contribution < 1.29 is 14.4 Å². The number of benzene rings is 1. The fraction of sp³-hybridized carbons (Fsp3) is 0.684. The van der Waals surface area contributed by atoms with Gasteiger partial charge in [-0.15, -0.1) is 0 Å². The molecule has 0 aromatic heterocycles. The van der Waals surface area contributed by atoms with Crippen molar-refractivity contribution in [1.29, 1.82) is 0 Å². The van der Waals surface area contributed by atoms with Gasteiger partial charge in [-0.1, -0.05) is 32.4 Å². The molecule has 0 spiro atoms. The van der Waals surface area contributed by atoms with Crippen LogP contribution >= 0.6 is 11.6 Å². The molecule has 2 rings (SSSR count). The van der Waals surface area contributed by atoms with Crippen LogP contribution in [0.1, 0.15) is 46.6 Å². The van der Waals surface area contributed by atoms with Crippen molar-refractivity contribution >= 4 is 11.6 Å². The summed E-state index contributed by atoms with van der Waals surface area (Å²) in [6, 6.07) is 5.92. The number of ether oxygens (including phenoxy) is 2. The molecule has 0 bridgehead atoms. The molecule has 1 N–H and O–H groups in total. The van der Waals surface area contributed by atoms with E-state index in [1.807, 2.05) is 18.2 Å². The maximum Gasteiger partial charge on any atom is 0.123 e. The lowest BCUT2D eigenvalue weighted by Gasteiger charge is -2.32. The van der Waals surface area contributed by atoms with Gasteiger partial charge in [0.05, 0.1) is 13.2 Å². The van der Waals surface area contributed by atoms with Gasteiger partial charge in [-0.3, -0.25) is 0 Å². The standard InChI is InChI=1S/C19H30ClNO2/c1-14-12-21(13-15(2)23-14)9-6-10-22-18-8-7-16(20)11-17(18)19(3,4)5/h7-8,11,14-15H,6,9-10,12-13H2,1-5H3/p+1/t14-,15+. The Labute approximate surface area is 145 Å². The van der Waals surface area contributed by atoms with E-state index in [1.54, 1.807) is 4.90 Å². The lowest BCUT2D eigenvalue weighted by atomic mass is 9.86. The van der Waals surface area contributed by atoms with Gasteiger partial charge >= 0.3 is 0 Å². The van der Waals surface area contributed by atoms with E-state index in [2.05, 4.69) is 34.6 Å². The summed E-state index contributed by atoms with van der Waals surface area (Å²) in [5.41, 5.74) is 1.20. The second kappa shape index (κ2) is 7.87. The lowest BCUT2D eigenvalue weighted by Crippen LogP contribution is -3.15. The monoisotopic (exact) mass is 340 g/mol. The highest BCUT2D eigenvalue weighted by molar-refractivity contribution is 6.30. The van der Waals surface area contributed by atoms with Crippen LogP contribution in [0.15, 0.2) is 18.2 Å². The third-order valence-electron chi connectivity index (χ3n) is 4.30. The normalized spacial score (nSPS) is 25.4. The van der Waals surface area contributed by atoms with E-state index in [0.717, 1.165) is 43.4 Å². The zero-order chi connectivity index (χ0) is 17.0. The molecule has 1 aliphatic heterocycles. The van der Waals surface area contributed by atoms with E-state index in [1.165, 1.54) is 5.56 Å². The van der Waals surface area contributed by atoms with E-state index in [4.69, 9.17) is 21.1 Å². The van der Waals surface area contributed by atoms with Crippen LogP contribution in [-0.4, -0.2) is 38.4 Å². The van der Waals surface area contributed by atoms with Crippen LogP contribution in [0.4, 0.5) is 0 Å². The summed E-state index contributed by atoms with van der Waals surface area (Å²) in [6.45, 7) is 15.0. The minimum absolute atomic E-state index is 0.0283. The number of quaternary nitrogens is 1. The molecule has 1 unspecified atom stereocenters. The molecular formula is C19H31ClNO2+. The van der Waals surface area contributed by atoms with Gasteiger partial charge in [-0.2, -0.15) is 0 Å². The Morgan fingerprint density at radius 1 is 1.22 bits per heavy atom. The van der Waals surface area contributed by atoms with Gasteiger partial charge in [-0.05, 0) is 37.5 Å². The second-order valence-corrected chi connectivity index (χ2v) is 8.19. The highest BCUT2D eigenvalue weighted by Gasteiger charge is 2.25. The quantitative estimate of drug-likeness (QED) is 0.832. The molecule has 0 aliphatic carbocycles. The van der Waals surface area contributed by atoms with Crippen LogP contribution in [0.2, 0.25) is 5.02 Å². The Morgan fingerprint density at radius 3 is 2.48 bits per heavy atom. The Bertz CT molecular complexity index is 503. The molecule has 4 heteroatoms. The molecule has 3 nitrogen and oxygen atoms in total. The summed E-state index contributed by atoms with van der Waals surface area (Å²) in [5.74, 6) is 0.959. The van der Waals surface area contributed by atoms with Crippen LogP contribution in [0.25, 0.3) is 0 Å². The van der Waals surface area contributed by atoms with Crippen LogP contribution < -0.4 is 9.64 Å². The summed E-state index contributed by atoms with van der Waals surface area (Å²) in [5, 5.41) is 0.767. The summed E-state index contributed by atoms with van der Waals surface area (Å²) in [6.07, 6.45) is 1.78. The van der Waals surface area contributed by atoms with Crippen molar-refractivity contribution in [2.24, 2.45) is 0 Å². The van der Waals surface area contributed by atoms with E-state index in [0.29, 0.717) is 12.2 Å². The molecule has 1 fully saturated rings. The molecule has 1 saturated heterocycles. The van der Waals surface area contributed by atoms with Gasteiger partial charge in [0, 0.05) is 17.0 Å². The highest BCUT2D eigenvalue weighted by atomic mass is 35.5. The predicted octanol–water partition coefficient (Wildman–Crippen LogP) is 3.10. The zero-order valence-electron chi connectivity index (χ0n) is 15.1.